The van der Waals surface area contributed by atoms with Crippen LogP contribution in [0.15, 0.2) is 24.3 Å². The lowest BCUT2D eigenvalue weighted by atomic mass is 10.0. The van der Waals surface area contributed by atoms with Gasteiger partial charge in [-0.15, -0.1) is 0 Å². The molecule has 0 fully saturated rings. The standard InChI is InChI=1S/C9H9Cl3O/c1-6(9(10,11)12)7-2-4-8(13)5-3-7/h2-6,13H,1H3. The van der Waals surface area contributed by atoms with Gasteiger partial charge in [0.1, 0.15) is 5.75 Å². The van der Waals surface area contributed by atoms with Crippen LogP contribution in [0.3, 0.4) is 0 Å². The first-order valence-corrected chi connectivity index (χ1v) is 4.90. The Hall–Kier alpha value is -0.110. The molecule has 1 nitrogen and oxygen atoms in total. The molecule has 0 aliphatic heterocycles. The van der Waals surface area contributed by atoms with Crippen LogP contribution in [-0.4, -0.2) is 8.90 Å². The van der Waals surface area contributed by atoms with Crippen molar-refractivity contribution in [3.63, 3.8) is 0 Å². The van der Waals surface area contributed by atoms with Crippen molar-refractivity contribution in [3.8, 4) is 5.75 Å². The van der Waals surface area contributed by atoms with Gasteiger partial charge in [-0.1, -0.05) is 53.9 Å². The summed E-state index contributed by atoms with van der Waals surface area (Å²) in [6, 6.07) is 6.62. The van der Waals surface area contributed by atoms with Crippen molar-refractivity contribution < 1.29 is 5.11 Å². The Morgan fingerprint density at radius 1 is 1.15 bits per heavy atom. The van der Waals surface area contributed by atoms with E-state index in [-0.39, 0.29) is 11.7 Å². The molecule has 0 aliphatic rings. The Morgan fingerprint density at radius 3 is 2.00 bits per heavy atom. The minimum atomic E-state index is -1.31. The second kappa shape index (κ2) is 3.95. The highest BCUT2D eigenvalue weighted by atomic mass is 35.6. The van der Waals surface area contributed by atoms with Gasteiger partial charge in [-0.3, -0.25) is 0 Å². The molecule has 0 radical (unpaired) electrons. The van der Waals surface area contributed by atoms with E-state index in [9.17, 15) is 0 Å². The highest BCUT2D eigenvalue weighted by Crippen LogP contribution is 2.41. The summed E-state index contributed by atoms with van der Waals surface area (Å²) in [6.45, 7) is 1.82. The summed E-state index contributed by atoms with van der Waals surface area (Å²) in [5.74, 6) is 0.0124. The van der Waals surface area contributed by atoms with E-state index >= 15 is 0 Å². The highest BCUT2D eigenvalue weighted by molar-refractivity contribution is 6.68. The van der Waals surface area contributed by atoms with Crippen LogP contribution in [0.1, 0.15) is 18.4 Å². The molecule has 1 unspecified atom stereocenters. The van der Waals surface area contributed by atoms with Gasteiger partial charge in [0.05, 0.1) is 0 Å². The van der Waals surface area contributed by atoms with Crippen LogP contribution < -0.4 is 0 Å². The minimum Gasteiger partial charge on any atom is -0.508 e. The molecule has 1 atom stereocenters. The third-order valence-corrected chi connectivity index (χ3v) is 2.87. The van der Waals surface area contributed by atoms with Crippen LogP contribution >= 0.6 is 34.8 Å². The maximum atomic E-state index is 9.04. The second-order valence-electron chi connectivity index (χ2n) is 2.85. The fraction of sp³-hybridized carbons (Fsp3) is 0.333. The SMILES string of the molecule is CC(c1ccc(O)cc1)C(Cl)(Cl)Cl. The molecule has 0 heterocycles. The number of benzene rings is 1. The van der Waals surface area contributed by atoms with Gasteiger partial charge in [0, 0.05) is 5.92 Å². The number of aromatic hydroxyl groups is 1. The Balaban J connectivity index is 2.90. The summed E-state index contributed by atoms with van der Waals surface area (Å²) in [5, 5.41) is 9.04. The zero-order chi connectivity index (χ0) is 10.1. The molecule has 0 aliphatic carbocycles. The Kier molecular flexibility index (Phi) is 3.33. The van der Waals surface area contributed by atoms with E-state index < -0.39 is 3.79 Å². The lowest BCUT2D eigenvalue weighted by Crippen LogP contribution is -2.13. The monoisotopic (exact) mass is 238 g/mol. The van der Waals surface area contributed by atoms with E-state index in [0.717, 1.165) is 5.56 Å². The van der Waals surface area contributed by atoms with E-state index in [1.165, 1.54) is 0 Å². The molecular weight excluding hydrogens is 230 g/mol. The number of alkyl halides is 3. The summed E-state index contributed by atoms with van der Waals surface area (Å²) < 4.78 is -1.31. The van der Waals surface area contributed by atoms with Crippen molar-refractivity contribution in [2.24, 2.45) is 0 Å². The average Bonchev–Trinajstić information content (AvgIpc) is 2.03. The first-order chi connectivity index (χ1) is 5.91. The summed E-state index contributed by atoms with van der Waals surface area (Å²) in [5.41, 5.74) is 0.887. The first-order valence-electron chi connectivity index (χ1n) is 3.77. The van der Waals surface area contributed by atoms with Gasteiger partial charge in [-0.05, 0) is 17.7 Å². The molecule has 1 aromatic carbocycles. The lowest BCUT2D eigenvalue weighted by molar-refractivity contribution is 0.475. The van der Waals surface area contributed by atoms with Gasteiger partial charge in [0.25, 0.3) is 0 Å². The van der Waals surface area contributed by atoms with Crippen LogP contribution in [0.25, 0.3) is 0 Å². The highest BCUT2D eigenvalue weighted by Gasteiger charge is 2.29. The molecule has 0 amide bonds. The van der Waals surface area contributed by atoms with E-state index in [1.54, 1.807) is 24.3 Å². The van der Waals surface area contributed by atoms with E-state index in [4.69, 9.17) is 39.9 Å². The average molecular weight is 240 g/mol. The minimum absolute atomic E-state index is 0.196. The normalized spacial score (nSPS) is 14.2. The Labute approximate surface area is 92.2 Å². The topological polar surface area (TPSA) is 20.2 Å². The van der Waals surface area contributed by atoms with Gasteiger partial charge in [-0.25, -0.2) is 0 Å². The molecule has 1 rings (SSSR count). The number of hydrogen-bond donors (Lipinski definition) is 1. The third kappa shape index (κ3) is 2.94. The Morgan fingerprint density at radius 2 is 1.62 bits per heavy atom. The van der Waals surface area contributed by atoms with Crippen molar-refractivity contribution >= 4 is 34.8 Å². The van der Waals surface area contributed by atoms with Crippen molar-refractivity contribution in [2.45, 2.75) is 16.6 Å². The maximum absolute atomic E-state index is 9.04. The molecule has 0 bridgehead atoms. The lowest BCUT2D eigenvalue weighted by Gasteiger charge is -2.20. The second-order valence-corrected chi connectivity index (χ2v) is 5.22. The molecule has 1 aromatic rings. The summed E-state index contributed by atoms with van der Waals surface area (Å²) >= 11 is 17.2. The van der Waals surface area contributed by atoms with Crippen LogP contribution in [0.5, 0.6) is 5.75 Å². The van der Waals surface area contributed by atoms with Gasteiger partial charge < -0.3 is 5.11 Å². The van der Waals surface area contributed by atoms with Gasteiger partial charge >= 0.3 is 0 Å². The largest absolute Gasteiger partial charge is 0.508 e. The molecule has 1 N–H and O–H groups in total. The fourth-order valence-electron chi connectivity index (χ4n) is 0.952. The molecule has 4 heteroatoms. The van der Waals surface area contributed by atoms with Gasteiger partial charge in [0.15, 0.2) is 3.79 Å². The fourth-order valence-corrected chi connectivity index (χ4v) is 1.33. The molecule has 0 saturated heterocycles. The summed E-state index contributed by atoms with van der Waals surface area (Å²) in [4.78, 5) is 0. The van der Waals surface area contributed by atoms with Crippen LogP contribution in [-0.2, 0) is 0 Å². The predicted molar refractivity (Wildman–Crippen MR) is 56.8 cm³/mol. The van der Waals surface area contributed by atoms with Crippen LogP contribution in [0.2, 0.25) is 0 Å². The number of phenolic OH excluding ortho intramolecular Hbond substituents is 1. The molecule has 13 heavy (non-hydrogen) atoms. The smallest absolute Gasteiger partial charge is 0.197 e. The van der Waals surface area contributed by atoms with Crippen molar-refractivity contribution in [3.05, 3.63) is 29.8 Å². The maximum Gasteiger partial charge on any atom is 0.197 e. The van der Waals surface area contributed by atoms with Crippen molar-refractivity contribution in [1.29, 1.82) is 0 Å². The van der Waals surface area contributed by atoms with Crippen LogP contribution in [0.4, 0.5) is 0 Å². The Bertz CT molecular complexity index is 276. The number of halogens is 3. The van der Waals surface area contributed by atoms with Gasteiger partial charge in [-0.2, -0.15) is 0 Å². The quantitative estimate of drug-likeness (QED) is 0.738. The molecule has 0 aromatic heterocycles. The summed E-state index contributed by atoms with van der Waals surface area (Å²) in [6.07, 6.45) is 0. The number of rotatable bonds is 1. The molecular formula is C9H9Cl3O. The molecule has 72 valence electrons. The third-order valence-electron chi connectivity index (χ3n) is 1.88. The van der Waals surface area contributed by atoms with Crippen LogP contribution in [0, 0.1) is 0 Å². The zero-order valence-electron chi connectivity index (χ0n) is 6.97. The van der Waals surface area contributed by atoms with Gasteiger partial charge in [0.2, 0.25) is 0 Å². The van der Waals surface area contributed by atoms with E-state index in [1.807, 2.05) is 6.92 Å². The van der Waals surface area contributed by atoms with Crippen molar-refractivity contribution in [2.75, 3.05) is 0 Å². The number of phenols is 1. The first kappa shape index (κ1) is 11.0. The summed E-state index contributed by atoms with van der Waals surface area (Å²) in [7, 11) is 0. The van der Waals surface area contributed by atoms with Crippen molar-refractivity contribution in [1.82, 2.24) is 0 Å². The molecule has 0 saturated carbocycles. The number of hydrogen-bond acceptors (Lipinski definition) is 1. The van der Waals surface area contributed by atoms with E-state index in [0.29, 0.717) is 0 Å². The zero-order valence-corrected chi connectivity index (χ0v) is 9.24. The predicted octanol–water partition coefficient (Wildman–Crippen LogP) is 3.87. The van der Waals surface area contributed by atoms with E-state index in [2.05, 4.69) is 0 Å². The molecule has 0 spiro atoms.